The minimum absolute atomic E-state index is 0.235. The van der Waals surface area contributed by atoms with E-state index < -0.39 is 0 Å². The molecule has 1 heterocycles. The molecule has 0 amide bonds. The van der Waals surface area contributed by atoms with Crippen LogP contribution in [-0.4, -0.2) is 19.2 Å². The van der Waals surface area contributed by atoms with Gasteiger partial charge in [0.2, 0.25) is 0 Å². The maximum Gasteiger partial charge on any atom is 0.123 e. The van der Waals surface area contributed by atoms with Gasteiger partial charge in [-0.2, -0.15) is 0 Å². The lowest BCUT2D eigenvalue weighted by molar-refractivity contribution is 0.0827. The van der Waals surface area contributed by atoms with Gasteiger partial charge in [-0.25, -0.2) is 4.39 Å². The second kappa shape index (κ2) is 8.69. The standard InChI is InChI=1S/C20H24FNO2/c21-17-5-1-4-16(14-17)15-23-18-6-2-8-19(9-3-7-18)24-20-10-12-22-13-11-20/h1-2,4-8,14,20,22H,3,9-13,15H2/b6-2?,18-7?,19-8-. The van der Waals surface area contributed by atoms with Crippen molar-refractivity contribution in [3.05, 3.63) is 71.5 Å². The first-order valence-electron chi connectivity index (χ1n) is 8.61. The van der Waals surface area contributed by atoms with Crippen molar-refractivity contribution < 1.29 is 13.9 Å². The van der Waals surface area contributed by atoms with Crippen LogP contribution in [0.5, 0.6) is 0 Å². The minimum atomic E-state index is -0.235. The summed E-state index contributed by atoms with van der Waals surface area (Å²) in [6, 6.07) is 6.50. The fraction of sp³-hybridized carbons (Fsp3) is 0.400. The summed E-state index contributed by atoms with van der Waals surface area (Å²) in [7, 11) is 0. The highest BCUT2D eigenvalue weighted by Gasteiger charge is 2.15. The van der Waals surface area contributed by atoms with Crippen molar-refractivity contribution in [1.29, 1.82) is 0 Å². The highest BCUT2D eigenvalue weighted by Crippen LogP contribution is 2.20. The topological polar surface area (TPSA) is 30.5 Å². The fourth-order valence-electron chi connectivity index (χ4n) is 2.88. The molecular weight excluding hydrogens is 305 g/mol. The number of halogens is 1. The van der Waals surface area contributed by atoms with Gasteiger partial charge in [-0.05, 0) is 68.3 Å². The largest absolute Gasteiger partial charge is 0.495 e. The highest BCUT2D eigenvalue weighted by molar-refractivity contribution is 5.22. The summed E-state index contributed by atoms with van der Waals surface area (Å²) in [6.45, 7) is 2.44. The van der Waals surface area contributed by atoms with E-state index in [-0.39, 0.29) is 5.82 Å². The minimum Gasteiger partial charge on any atom is -0.495 e. The summed E-state index contributed by atoms with van der Waals surface area (Å²) in [5, 5.41) is 3.35. The molecule has 1 N–H and O–H groups in total. The molecule has 0 unspecified atom stereocenters. The summed E-state index contributed by atoms with van der Waals surface area (Å²) in [5.41, 5.74) is 0.830. The van der Waals surface area contributed by atoms with Crippen LogP contribution in [0.1, 0.15) is 31.2 Å². The Morgan fingerprint density at radius 2 is 2.08 bits per heavy atom. The lowest BCUT2D eigenvalue weighted by atomic mass is 10.1. The smallest absolute Gasteiger partial charge is 0.123 e. The first-order chi connectivity index (χ1) is 11.8. The molecule has 1 aromatic carbocycles. The maximum atomic E-state index is 13.2. The van der Waals surface area contributed by atoms with Gasteiger partial charge in [-0.1, -0.05) is 18.2 Å². The average Bonchev–Trinajstić information content (AvgIpc) is 2.57. The Labute approximate surface area is 142 Å². The van der Waals surface area contributed by atoms with E-state index in [1.54, 1.807) is 6.07 Å². The van der Waals surface area contributed by atoms with E-state index >= 15 is 0 Å². The predicted octanol–water partition coefficient (Wildman–Crippen LogP) is 4.23. The molecule has 128 valence electrons. The number of rotatable bonds is 5. The highest BCUT2D eigenvalue weighted by atomic mass is 19.1. The van der Waals surface area contributed by atoms with E-state index in [1.165, 1.54) is 12.1 Å². The molecule has 1 aliphatic carbocycles. The van der Waals surface area contributed by atoms with Crippen LogP contribution in [0.2, 0.25) is 0 Å². The lowest BCUT2D eigenvalue weighted by Gasteiger charge is -2.25. The Morgan fingerprint density at radius 3 is 2.92 bits per heavy atom. The second-order valence-electron chi connectivity index (χ2n) is 6.12. The second-order valence-corrected chi connectivity index (χ2v) is 6.12. The Hall–Kier alpha value is -2.07. The van der Waals surface area contributed by atoms with E-state index in [9.17, 15) is 4.39 Å². The molecule has 1 fully saturated rings. The third-order valence-corrected chi connectivity index (χ3v) is 4.18. The quantitative estimate of drug-likeness (QED) is 0.877. The van der Waals surface area contributed by atoms with E-state index in [4.69, 9.17) is 9.47 Å². The van der Waals surface area contributed by atoms with Crippen LogP contribution in [0, 0.1) is 5.82 Å². The molecule has 1 saturated heterocycles. The average molecular weight is 329 g/mol. The summed E-state index contributed by atoms with van der Waals surface area (Å²) in [5.74, 6) is 1.62. The third-order valence-electron chi connectivity index (χ3n) is 4.18. The van der Waals surface area contributed by atoms with Crippen LogP contribution in [0.15, 0.2) is 60.1 Å². The van der Waals surface area contributed by atoms with Crippen LogP contribution >= 0.6 is 0 Å². The molecule has 3 rings (SSSR count). The molecular formula is C20H24FNO2. The first kappa shape index (κ1) is 16.8. The maximum absolute atomic E-state index is 13.2. The van der Waals surface area contributed by atoms with Gasteiger partial charge in [0.25, 0.3) is 0 Å². The van der Waals surface area contributed by atoms with Crippen LogP contribution in [0.3, 0.4) is 0 Å². The van der Waals surface area contributed by atoms with Crippen LogP contribution in [0.4, 0.5) is 4.39 Å². The molecule has 0 saturated carbocycles. The molecule has 24 heavy (non-hydrogen) atoms. The SMILES string of the molecule is Fc1cccc(COC2=CCC/C(OC3CCNCC3)=C/C=C2)c1. The zero-order valence-corrected chi connectivity index (χ0v) is 13.8. The van der Waals surface area contributed by atoms with Gasteiger partial charge in [0, 0.05) is 6.42 Å². The van der Waals surface area contributed by atoms with Crippen LogP contribution in [0.25, 0.3) is 0 Å². The van der Waals surface area contributed by atoms with Gasteiger partial charge in [0.15, 0.2) is 0 Å². The lowest BCUT2D eigenvalue weighted by Crippen LogP contribution is -2.32. The number of ether oxygens (including phenoxy) is 2. The molecule has 3 nitrogen and oxygen atoms in total. The molecule has 0 radical (unpaired) electrons. The number of benzene rings is 1. The van der Waals surface area contributed by atoms with Crippen molar-refractivity contribution >= 4 is 0 Å². The number of nitrogens with one attached hydrogen (secondary N) is 1. The van der Waals surface area contributed by atoms with Gasteiger partial charge < -0.3 is 14.8 Å². The Morgan fingerprint density at radius 1 is 1.21 bits per heavy atom. The summed E-state index contributed by atoms with van der Waals surface area (Å²) >= 11 is 0. The molecule has 0 bridgehead atoms. The van der Waals surface area contributed by atoms with E-state index in [0.717, 1.165) is 55.9 Å². The van der Waals surface area contributed by atoms with Crippen molar-refractivity contribution in [3.8, 4) is 0 Å². The van der Waals surface area contributed by atoms with E-state index in [1.807, 2.05) is 24.3 Å². The van der Waals surface area contributed by atoms with Gasteiger partial charge >= 0.3 is 0 Å². The van der Waals surface area contributed by atoms with E-state index in [2.05, 4.69) is 11.4 Å². The summed E-state index contributed by atoms with van der Waals surface area (Å²) < 4.78 is 25.1. The Bertz CT molecular complexity index is 630. The zero-order valence-electron chi connectivity index (χ0n) is 13.8. The number of hydrogen-bond donors (Lipinski definition) is 1. The molecule has 0 atom stereocenters. The van der Waals surface area contributed by atoms with Crippen LogP contribution < -0.4 is 5.32 Å². The van der Waals surface area contributed by atoms with Crippen molar-refractivity contribution in [2.75, 3.05) is 13.1 Å². The van der Waals surface area contributed by atoms with Crippen LogP contribution in [-0.2, 0) is 16.1 Å². The first-order valence-corrected chi connectivity index (χ1v) is 8.61. The Kier molecular flexibility index (Phi) is 6.07. The van der Waals surface area contributed by atoms with Gasteiger partial charge in [-0.3, -0.25) is 0 Å². The fourth-order valence-corrected chi connectivity index (χ4v) is 2.88. The van der Waals surface area contributed by atoms with Gasteiger partial charge in [0.05, 0.1) is 5.76 Å². The third kappa shape index (κ3) is 5.24. The van der Waals surface area contributed by atoms with Gasteiger partial charge in [-0.15, -0.1) is 0 Å². The predicted molar refractivity (Wildman–Crippen MR) is 92.7 cm³/mol. The molecule has 1 aromatic rings. The summed E-state index contributed by atoms with van der Waals surface area (Å²) in [6.07, 6.45) is 12.2. The van der Waals surface area contributed by atoms with Crippen molar-refractivity contribution in [2.45, 2.75) is 38.4 Å². The zero-order chi connectivity index (χ0) is 16.6. The molecule has 0 spiro atoms. The molecule has 1 aliphatic heterocycles. The molecule has 2 aliphatic rings. The number of piperidine rings is 1. The summed E-state index contributed by atoms with van der Waals surface area (Å²) in [4.78, 5) is 0. The van der Waals surface area contributed by atoms with E-state index in [0.29, 0.717) is 12.7 Å². The normalized spacial score (nSPS) is 21.2. The molecule has 0 aromatic heterocycles. The Balaban J connectivity index is 1.51. The number of hydrogen-bond acceptors (Lipinski definition) is 3. The van der Waals surface area contributed by atoms with Gasteiger partial charge in [0.1, 0.15) is 24.3 Å². The van der Waals surface area contributed by atoms with Crippen molar-refractivity contribution in [1.82, 2.24) is 5.32 Å². The number of allylic oxidation sites excluding steroid dienone is 5. The van der Waals surface area contributed by atoms with Crippen molar-refractivity contribution in [2.24, 2.45) is 0 Å². The monoisotopic (exact) mass is 329 g/mol. The molecule has 4 heteroatoms. The van der Waals surface area contributed by atoms with Crippen molar-refractivity contribution in [3.63, 3.8) is 0 Å².